The maximum atomic E-state index is 12.1. The summed E-state index contributed by atoms with van der Waals surface area (Å²) in [6.45, 7) is 3.44. The van der Waals surface area contributed by atoms with E-state index in [1.807, 2.05) is 35.2 Å². The van der Waals surface area contributed by atoms with Gasteiger partial charge >= 0.3 is 0 Å². The van der Waals surface area contributed by atoms with Crippen molar-refractivity contribution < 1.29 is 14.3 Å². The Kier molecular flexibility index (Phi) is 6.47. The van der Waals surface area contributed by atoms with Gasteiger partial charge in [0.1, 0.15) is 11.6 Å². The largest absolute Gasteiger partial charge is 0.484 e. The smallest absolute Gasteiger partial charge is 0.262 e. The summed E-state index contributed by atoms with van der Waals surface area (Å²) >= 11 is 0. The van der Waals surface area contributed by atoms with Crippen LogP contribution in [0.25, 0.3) is 0 Å². The van der Waals surface area contributed by atoms with Gasteiger partial charge in [-0.2, -0.15) is 0 Å². The molecule has 2 amide bonds. The fourth-order valence-electron chi connectivity index (χ4n) is 3.23. The van der Waals surface area contributed by atoms with Gasteiger partial charge in [-0.05, 0) is 49.1 Å². The van der Waals surface area contributed by atoms with Gasteiger partial charge in [0.15, 0.2) is 6.61 Å². The van der Waals surface area contributed by atoms with Crippen LogP contribution in [0.3, 0.4) is 0 Å². The highest BCUT2D eigenvalue weighted by Gasteiger charge is 2.24. The van der Waals surface area contributed by atoms with Crippen molar-refractivity contribution in [3.63, 3.8) is 0 Å². The second-order valence-electron chi connectivity index (χ2n) is 6.93. The molecule has 1 saturated heterocycles. The van der Waals surface area contributed by atoms with E-state index in [0.717, 1.165) is 31.6 Å². The third-order valence-corrected chi connectivity index (χ3v) is 4.88. The molecule has 0 aliphatic carbocycles. The zero-order valence-electron chi connectivity index (χ0n) is 16.1. The number of carbonyl (C=O) groups excluding carboxylic acids is 2. The van der Waals surface area contributed by atoms with Gasteiger partial charge in [-0.25, -0.2) is 4.98 Å². The van der Waals surface area contributed by atoms with E-state index in [4.69, 9.17) is 10.5 Å². The van der Waals surface area contributed by atoms with Gasteiger partial charge in [-0.1, -0.05) is 19.1 Å². The molecule has 148 valence electrons. The van der Waals surface area contributed by atoms with E-state index < -0.39 is 0 Å². The average molecular weight is 382 g/mol. The topological polar surface area (TPSA) is 97.5 Å². The Labute approximate surface area is 164 Å². The van der Waals surface area contributed by atoms with Gasteiger partial charge in [0.2, 0.25) is 5.91 Å². The Morgan fingerprint density at radius 1 is 1.25 bits per heavy atom. The predicted molar refractivity (Wildman–Crippen MR) is 108 cm³/mol. The van der Waals surface area contributed by atoms with Crippen LogP contribution in [-0.4, -0.2) is 36.5 Å². The average Bonchev–Trinajstić information content (AvgIpc) is 2.73. The van der Waals surface area contributed by atoms with Crippen LogP contribution in [0.15, 0.2) is 42.6 Å². The first-order valence-corrected chi connectivity index (χ1v) is 9.57. The van der Waals surface area contributed by atoms with Crippen molar-refractivity contribution in [3.8, 4) is 5.75 Å². The minimum absolute atomic E-state index is 0.0698. The van der Waals surface area contributed by atoms with E-state index in [2.05, 4.69) is 17.2 Å². The number of pyridine rings is 1. The predicted octanol–water partition coefficient (Wildman–Crippen LogP) is 2.36. The minimum Gasteiger partial charge on any atom is -0.484 e. The second-order valence-corrected chi connectivity index (χ2v) is 6.93. The van der Waals surface area contributed by atoms with Crippen LogP contribution in [0.5, 0.6) is 5.75 Å². The minimum atomic E-state index is -0.266. The summed E-state index contributed by atoms with van der Waals surface area (Å²) in [6.07, 6.45) is 4.30. The lowest BCUT2D eigenvalue weighted by atomic mass is 9.97. The van der Waals surface area contributed by atoms with Gasteiger partial charge in [0, 0.05) is 13.1 Å². The molecule has 1 aromatic carbocycles. The number of piperidine rings is 1. The summed E-state index contributed by atoms with van der Waals surface area (Å²) in [4.78, 5) is 30.0. The van der Waals surface area contributed by atoms with Crippen LogP contribution < -0.4 is 20.7 Å². The van der Waals surface area contributed by atoms with Gasteiger partial charge in [0.25, 0.3) is 5.91 Å². The SMILES string of the molecule is CCc1ccc(OCC(=O)Nc2ccc(N3CCCC(C(N)=O)C3)nc2)cc1. The van der Waals surface area contributed by atoms with Crippen LogP contribution in [0.1, 0.15) is 25.3 Å². The molecule has 1 atom stereocenters. The maximum absolute atomic E-state index is 12.1. The molecule has 7 nitrogen and oxygen atoms in total. The number of amides is 2. The number of anilines is 2. The number of ether oxygens (including phenoxy) is 1. The summed E-state index contributed by atoms with van der Waals surface area (Å²) in [7, 11) is 0. The van der Waals surface area contributed by atoms with E-state index in [-0.39, 0.29) is 24.3 Å². The molecule has 28 heavy (non-hydrogen) atoms. The molecule has 2 aromatic rings. The van der Waals surface area contributed by atoms with E-state index in [1.165, 1.54) is 5.56 Å². The highest BCUT2D eigenvalue weighted by Crippen LogP contribution is 2.22. The fraction of sp³-hybridized carbons (Fsp3) is 0.381. The van der Waals surface area contributed by atoms with Crippen LogP contribution in [0.4, 0.5) is 11.5 Å². The number of aryl methyl sites for hydroxylation is 1. The van der Waals surface area contributed by atoms with Gasteiger partial charge < -0.3 is 20.7 Å². The van der Waals surface area contributed by atoms with Crippen LogP contribution in [0, 0.1) is 5.92 Å². The number of nitrogens with one attached hydrogen (secondary N) is 1. The first-order valence-electron chi connectivity index (χ1n) is 9.57. The van der Waals surface area contributed by atoms with Crippen molar-refractivity contribution in [2.75, 3.05) is 29.9 Å². The molecule has 3 N–H and O–H groups in total. The molecule has 1 aliphatic heterocycles. The summed E-state index contributed by atoms with van der Waals surface area (Å²) in [5.41, 5.74) is 7.25. The monoisotopic (exact) mass is 382 g/mol. The Morgan fingerprint density at radius 3 is 2.68 bits per heavy atom. The van der Waals surface area contributed by atoms with Crippen LogP contribution >= 0.6 is 0 Å². The zero-order chi connectivity index (χ0) is 19.9. The fourth-order valence-corrected chi connectivity index (χ4v) is 3.23. The number of primary amides is 1. The molecule has 1 unspecified atom stereocenters. The molecule has 2 heterocycles. The maximum Gasteiger partial charge on any atom is 0.262 e. The third kappa shape index (κ3) is 5.22. The number of aromatic nitrogens is 1. The Hall–Kier alpha value is -3.09. The van der Waals surface area contributed by atoms with Gasteiger partial charge in [0.05, 0.1) is 17.8 Å². The summed E-state index contributed by atoms with van der Waals surface area (Å²) < 4.78 is 5.51. The summed E-state index contributed by atoms with van der Waals surface area (Å²) in [6, 6.07) is 11.3. The zero-order valence-corrected chi connectivity index (χ0v) is 16.1. The highest BCUT2D eigenvalue weighted by atomic mass is 16.5. The van der Waals surface area contributed by atoms with Crippen molar-refractivity contribution in [2.45, 2.75) is 26.2 Å². The third-order valence-electron chi connectivity index (χ3n) is 4.88. The van der Waals surface area contributed by atoms with E-state index in [9.17, 15) is 9.59 Å². The second kappa shape index (κ2) is 9.21. The first kappa shape index (κ1) is 19.7. The summed E-state index contributed by atoms with van der Waals surface area (Å²) in [5, 5.41) is 2.77. The van der Waals surface area contributed by atoms with Crippen molar-refractivity contribution >= 4 is 23.3 Å². The molecule has 0 saturated carbocycles. The number of nitrogens with two attached hydrogens (primary N) is 1. The number of hydrogen-bond acceptors (Lipinski definition) is 5. The molecule has 7 heteroatoms. The van der Waals surface area contributed by atoms with Crippen molar-refractivity contribution in [1.82, 2.24) is 4.98 Å². The molecule has 0 radical (unpaired) electrons. The number of carbonyl (C=O) groups is 2. The van der Waals surface area contributed by atoms with Crippen molar-refractivity contribution in [3.05, 3.63) is 48.2 Å². The lowest BCUT2D eigenvalue weighted by Crippen LogP contribution is -2.41. The van der Waals surface area contributed by atoms with Crippen LogP contribution in [0.2, 0.25) is 0 Å². The lowest BCUT2D eigenvalue weighted by Gasteiger charge is -2.32. The molecule has 0 bridgehead atoms. The molecule has 1 fully saturated rings. The Morgan fingerprint density at radius 2 is 2.04 bits per heavy atom. The van der Waals surface area contributed by atoms with Crippen molar-refractivity contribution in [2.24, 2.45) is 11.7 Å². The van der Waals surface area contributed by atoms with Gasteiger partial charge in [-0.3, -0.25) is 9.59 Å². The highest BCUT2D eigenvalue weighted by molar-refractivity contribution is 5.91. The normalized spacial score (nSPS) is 16.5. The van der Waals surface area contributed by atoms with Crippen LogP contribution in [-0.2, 0) is 16.0 Å². The van der Waals surface area contributed by atoms with E-state index in [0.29, 0.717) is 18.0 Å². The Bertz CT molecular complexity index is 805. The molecular formula is C21H26N4O3. The molecule has 1 aliphatic rings. The molecule has 3 rings (SSSR count). The first-order chi connectivity index (χ1) is 13.5. The van der Waals surface area contributed by atoms with Crippen molar-refractivity contribution in [1.29, 1.82) is 0 Å². The molecule has 1 aromatic heterocycles. The summed E-state index contributed by atoms with van der Waals surface area (Å²) in [5.74, 6) is 0.781. The molecular weight excluding hydrogens is 356 g/mol. The lowest BCUT2D eigenvalue weighted by molar-refractivity contribution is -0.122. The number of benzene rings is 1. The van der Waals surface area contributed by atoms with E-state index >= 15 is 0 Å². The number of rotatable bonds is 7. The number of hydrogen-bond donors (Lipinski definition) is 2. The standard InChI is InChI=1S/C21H26N4O3/c1-2-15-5-8-18(9-6-15)28-14-20(26)24-17-7-10-19(23-12-17)25-11-3-4-16(13-25)21(22)27/h5-10,12,16H,2-4,11,13-14H2,1H3,(H2,22,27)(H,24,26). The number of nitrogens with zero attached hydrogens (tertiary/aromatic N) is 2. The van der Waals surface area contributed by atoms with E-state index in [1.54, 1.807) is 12.3 Å². The quantitative estimate of drug-likeness (QED) is 0.766. The Balaban J connectivity index is 1.50. The molecule has 0 spiro atoms. The van der Waals surface area contributed by atoms with Gasteiger partial charge in [-0.15, -0.1) is 0 Å².